The fourth-order valence-electron chi connectivity index (χ4n) is 5.48. The molecule has 5 rings (SSSR count). The smallest absolute Gasteiger partial charge is 0.250 e. The molecule has 1 unspecified atom stereocenters. The fraction of sp³-hybridized carbons (Fsp3) is 0.444. The number of nitrogens with zero attached hydrogens (tertiary/aromatic N) is 2. The summed E-state index contributed by atoms with van der Waals surface area (Å²) < 4.78 is 14.3. The molecular weight excluding hydrogens is 458 g/mol. The highest BCUT2D eigenvalue weighted by Gasteiger charge is 2.26. The first kappa shape index (κ1) is 24.2. The van der Waals surface area contributed by atoms with Gasteiger partial charge in [-0.25, -0.2) is 8.51 Å². The molecule has 3 aromatic rings. The summed E-state index contributed by atoms with van der Waals surface area (Å²) in [7, 11) is -0.889. The monoisotopic (exact) mass is 493 g/mol. The minimum atomic E-state index is -0.889. The van der Waals surface area contributed by atoms with Gasteiger partial charge in [0.1, 0.15) is 0 Å². The zero-order chi connectivity index (χ0) is 24.4. The third-order valence-electron chi connectivity index (χ3n) is 7.39. The maximum atomic E-state index is 12.4. The summed E-state index contributed by atoms with van der Waals surface area (Å²) in [4.78, 5) is 18.2. The highest BCUT2D eigenvalue weighted by atomic mass is 32.2. The second-order valence-electron chi connectivity index (χ2n) is 9.59. The zero-order valence-electron chi connectivity index (χ0n) is 20.4. The molecule has 3 heterocycles. The number of nitrogens with one attached hydrogen (secondary N) is 2. The summed E-state index contributed by atoms with van der Waals surface area (Å²) in [5, 5.41) is 4.47. The average Bonchev–Trinajstić information content (AvgIpc) is 3.32. The number of hydrogen-bond donors (Lipinski definition) is 3. The quantitative estimate of drug-likeness (QED) is 0.471. The van der Waals surface area contributed by atoms with Gasteiger partial charge in [-0.3, -0.25) is 9.69 Å². The van der Waals surface area contributed by atoms with E-state index >= 15 is 0 Å². The number of amides is 1. The van der Waals surface area contributed by atoms with Crippen LogP contribution in [0.3, 0.4) is 0 Å². The van der Waals surface area contributed by atoms with Crippen LogP contribution in [0.1, 0.15) is 47.2 Å². The van der Waals surface area contributed by atoms with Crippen molar-refractivity contribution in [3.05, 3.63) is 59.3 Å². The summed E-state index contributed by atoms with van der Waals surface area (Å²) in [6.07, 6.45) is 3.95. The summed E-state index contributed by atoms with van der Waals surface area (Å²) in [6, 6.07) is 12.7. The number of nitrogens with two attached hydrogens (primary N) is 1. The van der Waals surface area contributed by atoms with Gasteiger partial charge in [0.2, 0.25) is 0 Å². The van der Waals surface area contributed by atoms with E-state index in [1.54, 1.807) is 0 Å². The molecule has 8 heteroatoms. The van der Waals surface area contributed by atoms with Gasteiger partial charge in [0.15, 0.2) is 0 Å². The van der Waals surface area contributed by atoms with Crippen LogP contribution in [0.2, 0.25) is 0 Å². The average molecular weight is 494 g/mol. The Morgan fingerprint density at radius 3 is 2.57 bits per heavy atom. The molecule has 0 bridgehead atoms. The maximum Gasteiger partial charge on any atom is 0.250 e. The lowest BCUT2D eigenvalue weighted by Gasteiger charge is -2.30. The number of aromatic amines is 1. The van der Waals surface area contributed by atoms with Crippen molar-refractivity contribution in [1.29, 1.82) is 0 Å². The molecule has 0 saturated carbocycles. The lowest BCUT2D eigenvalue weighted by atomic mass is 9.88. The van der Waals surface area contributed by atoms with Crippen LogP contribution >= 0.6 is 0 Å². The van der Waals surface area contributed by atoms with Gasteiger partial charge in [-0.1, -0.05) is 25.1 Å². The Labute approximate surface area is 209 Å². The molecule has 2 fully saturated rings. The molecule has 2 aromatic carbocycles. The van der Waals surface area contributed by atoms with E-state index in [2.05, 4.69) is 49.8 Å². The molecule has 2 aliphatic rings. The normalized spacial score (nSPS) is 19.2. The molecule has 0 aliphatic carbocycles. The number of H-pyrrole nitrogens is 1. The molecule has 2 aliphatic heterocycles. The van der Waals surface area contributed by atoms with Gasteiger partial charge in [-0.2, -0.15) is 0 Å². The Morgan fingerprint density at radius 2 is 1.86 bits per heavy atom. The van der Waals surface area contributed by atoms with Gasteiger partial charge in [0, 0.05) is 63.1 Å². The Kier molecular flexibility index (Phi) is 7.34. The highest BCUT2D eigenvalue weighted by Crippen LogP contribution is 2.37. The summed E-state index contributed by atoms with van der Waals surface area (Å²) in [6.45, 7) is 8.71. The van der Waals surface area contributed by atoms with E-state index in [1.807, 2.05) is 19.2 Å². The molecule has 1 amide bonds. The van der Waals surface area contributed by atoms with Crippen molar-refractivity contribution in [3.8, 4) is 11.1 Å². The molecule has 1 atom stereocenters. The molecule has 0 radical (unpaired) electrons. The first-order chi connectivity index (χ1) is 17.0. The SMILES string of the molecule is CCS(=O)N1CCC(c2c[nH]c3c(C(N)=O)cc(-c4cccc(CN5CCNCC5)c4)cc23)CC1. The second-order valence-corrected chi connectivity index (χ2v) is 11.3. The van der Waals surface area contributed by atoms with Gasteiger partial charge in [0.05, 0.1) is 22.1 Å². The Morgan fingerprint density at radius 1 is 1.09 bits per heavy atom. The third-order valence-corrected chi connectivity index (χ3v) is 8.83. The molecular formula is C27H35N5O2S. The van der Waals surface area contributed by atoms with Crippen LogP contribution in [0.25, 0.3) is 22.0 Å². The van der Waals surface area contributed by atoms with Crippen molar-refractivity contribution in [3.63, 3.8) is 0 Å². The molecule has 186 valence electrons. The Hall–Kier alpha value is -2.52. The number of carbonyl (C=O) groups is 1. The predicted octanol–water partition coefficient (Wildman–Crippen LogP) is 3.20. The number of benzene rings is 2. The number of hydrogen-bond acceptors (Lipinski definition) is 4. The Bertz CT molecular complexity index is 1230. The molecule has 0 spiro atoms. The minimum absolute atomic E-state index is 0.365. The van der Waals surface area contributed by atoms with E-state index in [9.17, 15) is 9.00 Å². The van der Waals surface area contributed by atoms with Gasteiger partial charge in [0.25, 0.3) is 5.91 Å². The van der Waals surface area contributed by atoms with Crippen molar-refractivity contribution in [2.45, 2.75) is 32.2 Å². The second kappa shape index (κ2) is 10.6. The van der Waals surface area contributed by atoms with Gasteiger partial charge >= 0.3 is 0 Å². The van der Waals surface area contributed by atoms with E-state index in [-0.39, 0.29) is 0 Å². The lowest BCUT2D eigenvalue weighted by molar-refractivity contribution is 0.100. The third kappa shape index (κ3) is 5.21. The van der Waals surface area contributed by atoms with Crippen LogP contribution in [0.4, 0.5) is 0 Å². The zero-order valence-corrected chi connectivity index (χ0v) is 21.2. The van der Waals surface area contributed by atoms with Crippen LogP contribution in [0.5, 0.6) is 0 Å². The van der Waals surface area contributed by atoms with E-state index in [0.29, 0.717) is 17.2 Å². The number of carbonyl (C=O) groups excluding carboxylic acids is 1. The van der Waals surface area contributed by atoms with Crippen LogP contribution in [-0.2, 0) is 17.5 Å². The number of aromatic nitrogens is 1. The summed E-state index contributed by atoms with van der Waals surface area (Å²) in [5.74, 6) is 0.607. The summed E-state index contributed by atoms with van der Waals surface area (Å²) >= 11 is 0. The van der Waals surface area contributed by atoms with Crippen LogP contribution in [0.15, 0.2) is 42.6 Å². The van der Waals surface area contributed by atoms with Crippen molar-refractivity contribution in [1.82, 2.24) is 19.5 Å². The first-order valence-electron chi connectivity index (χ1n) is 12.6. The molecule has 35 heavy (non-hydrogen) atoms. The molecule has 2 saturated heterocycles. The van der Waals surface area contributed by atoms with Crippen LogP contribution in [-0.4, -0.2) is 69.3 Å². The number of rotatable bonds is 7. The predicted molar refractivity (Wildman–Crippen MR) is 143 cm³/mol. The van der Waals surface area contributed by atoms with Gasteiger partial charge in [-0.15, -0.1) is 0 Å². The number of piperazine rings is 1. The van der Waals surface area contributed by atoms with E-state index in [1.165, 1.54) is 11.1 Å². The van der Waals surface area contributed by atoms with Crippen LogP contribution < -0.4 is 11.1 Å². The molecule has 7 nitrogen and oxygen atoms in total. The Balaban J connectivity index is 1.46. The van der Waals surface area contributed by atoms with E-state index < -0.39 is 16.9 Å². The van der Waals surface area contributed by atoms with Crippen LogP contribution in [0, 0.1) is 0 Å². The molecule has 4 N–H and O–H groups in total. The van der Waals surface area contributed by atoms with E-state index in [0.717, 1.165) is 80.7 Å². The highest BCUT2D eigenvalue weighted by molar-refractivity contribution is 7.82. The largest absolute Gasteiger partial charge is 0.366 e. The standard InChI is InChI=1S/C27H35N5O2S/c1-2-35(34)32-10-6-20(7-11-32)25-17-30-26-23(25)15-22(16-24(26)27(28)33)21-5-3-4-19(14-21)18-31-12-8-29-9-13-31/h3-5,14-17,20,29-30H,2,6-13,18H2,1H3,(H2,28,33). The van der Waals surface area contributed by atoms with Gasteiger partial charge in [-0.05, 0) is 59.2 Å². The van der Waals surface area contributed by atoms with Crippen molar-refractivity contribution in [2.24, 2.45) is 5.73 Å². The summed E-state index contributed by atoms with van der Waals surface area (Å²) in [5.41, 5.74) is 11.8. The molecule has 1 aromatic heterocycles. The number of piperidine rings is 1. The maximum absolute atomic E-state index is 12.4. The topological polar surface area (TPSA) is 94.5 Å². The van der Waals surface area contributed by atoms with Crippen molar-refractivity contribution < 1.29 is 9.00 Å². The van der Waals surface area contributed by atoms with Gasteiger partial charge < -0.3 is 16.0 Å². The minimum Gasteiger partial charge on any atom is -0.366 e. The van der Waals surface area contributed by atoms with Crippen molar-refractivity contribution in [2.75, 3.05) is 45.0 Å². The number of primary amides is 1. The first-order valence-corrected chi connectivity index (χ1v) is 13.9. The lowest BCUT2D eigenvalue weighted by Crippen LogP contribution is -2.42. The number of fused-ring (bicyclic) bond motifs is 1. The van der Waals surface area contributed by atoms with E-state index in [4.69, 9.17) is 5.73 Å². The van der Waals surface area contributed by atoms with Crippen molar-refractivity contribution >= 4 is 27.8 Å². The fourth-order valence-corrected chi connectivity index (χ4v) is 6.46.